The molecule has 0 unspecified atom stereocenters. The summed E-state index contributed by atoms with van der Waals surface area (Å²) in [6, 6.07) is 13.0. The van der Waals surface area contributed by atoms with Crippen LogP contribution in [0, 0.1) is 30.5 Å². The van der Waals surface area contributed by atoms with E-state index >= 15 is 0 Å². The summed E-state index contributed by atoms with van der Waals surface area (Å²) in [5.74, 6) is 6.76. The first-order valence-corrected chi connectivity index (χ1v) is 10.1. The van der Waals surface area contributed by atoms with E-state index in [1.54, 1.807) is 30.3 Å². The van der Waals surface area contributed by atoms with Gasteiger partial charge in [0.1, 0.15) is 11.5 Å². The van der Waals surface area contributed by atoms with Crippen LogP contribution in [0.4, 0.5) is 4.39 Å². The Kier molecular flexibility index (Phi) is 5.94. The largest absolute Gasteiger partial charge is 0.454 e. The third-order valence-corrected chi connectivity index (χ3v) is 5.27. The molecule has 1 saturated carbocycles. The van der Waals surface area contributed by atoms with Crippen LogP contribution < -0.4 is 0 Å². The molecule has 1 aliphatic rings. The molecule has 2 aromatic carbocycles. The highest BCUT2D eigenvalue weighted by Gasteiger charge is 2.13. The Labute approximate surface area is 175 Å². The molecule has 1 aliphatic carbocycles. The van der Waals surface area contributed by atoms with E-state index in [1.807, 2.05) is 13.0 Å². The quantitative estimate of drug-likeness (QED) is 0.415. The first-order valence-electron chi connectivity index (χ1n) is 10.1. The van der Waals surface area contributed by atoms with Crippen molar-refractivity contribution in [3.63, 3.8) is 0 Å². The van der Waals surface area contributed by atoms with Gasteiger partial charge in [0.15, 0.2) is 12.4 Å². The molecule has 30 heavy (non-hydrogen) atoms. The van der Waals surface area contributed by atoms with Crippen molar-refractivity contribution in [3.8, 4) is 23.1 Å². The van der Waals surface area contributed by atoms with Crippen molar-refractivity contribution in [1.82, 2.24) is 5.16 Å². The summed E-state index contributed by atoms with van der Waals surface area (Å²) in [7, 11) is 0. The van der Waals surface area contributed by atoms with Crippen LogP contribution in [0.1, 0.15) is 52.9 Å². The van der Waals surface area contributed by atoms with Gasteiger partial charge in [0.2, 0.25) is 0 Å². The summed E-state index contributed by atoms with van der Waals surface area (Å²) in [5, 5.41) is 3.94. The summed E-state index contributed by atoms with van der Waals surface area (Å²) in [6.07, 6.45) is 4.89. The van der Waals surface area contributed by atoms with Gasteiger partial charge >= 0.3 is 5.97 Å². The Bertz CT molecular complexity index is 1100. The van der Waals surface area contributed by atoms with E-state index in [4.69, 9.17) is 9.26 Å². The lowest BCUT2D eigenvalue weighted by atomic mass is 10.0. The number of benzene rings is 2. The number of hydrogen-bond acceptors (Lipinski definition) is 4. The lowest BCUT2D eigenvalue weighted by Gasteiger charge is -2.05. The van der Waals surface area contributed by atoms with Crippen molar-refractivity contribution >= 4 is 5.97 Å². The van der Waals surface area contributed by atoms with Crippen molar-refractivity contribution in [2.75, 3.05) is 0 Å². The SMILES string of the molecule is Cc1cc(C(=O)OCc2cc(-c3ccc(F)cc3)no2)ccc1C#CC1CCCC1. The van der Waals surface area contributed by atoms with Gasteiger partial charge in [-0.25, -0.2) is 9.18 Å². The summed E-state index contributed by atoms with van der Waals surface area (Å²) < 4.78 is 23.6. The maximum atomic E-state index is 13.0. The van der Waals surface area contributed by atoms with Gasteiger partial charge in [0, 0.05) is 23.1 Å². The summed E-state index contributed by atoms with van der Waals surface area (Å²) in [6.45, 7) is 1.91. The minimum Gasteiger partial charge on any atom is -0.454 e. The molecule has 1 fully saturated rings. The molecule has 0 radical (unpaired) electrons. The predicted molar refractivity (Wildman–Crippen MR) is 111 cm³/mol. The number of esters is 1. The number of carbonyl (C=O) groups excluding carboxylic acids is 1. The number of ether oxygens (including phenoxy) is 1. The highest BCUT2D eigenvalue weighted by atomic mass is 19.1. The predicted octanol–water partition coefficient (Wildman–Crippen LogP) is 5.69. The Morgan fingerprint density at radius 2 is 1.93 bits per heavy atom. The molecule has 0 aliphatic heterocycles. The normalized spacial score (nSPS) is 13.7. The number of rotatable bonds is 4. The van der Waals surface area contributed by atoms with E-state index in [9.17, 15) is 9.18 Å². The van der Waals surface area contributed by atoms with Crippen molar-refractivity contribution in [1.29, 1.82) is 0 Å². The van der Waals surface area contributed by atoms with Gasteiger partial charge in [0.05, 0.1) is 5.56 Å². The smallest absolute Gasteiger partial charge is 0.338 e. The average molecular weight is 403 g/mol. The van der Waals surface area contributed by atoms with E-state index in [0.29, 0.717) is 22.9 Å². The van der Waals surface area contributed by atoms with Gasteiger partial charge in [-0.2, -0.15) is 0 Å². The Morgan fingerprint density at radius 1 is 1.17 bits per heavy atom. The molecule has 0 N–H and O–H groups in total. The van der Waals surface area contributed by atoms with Crippen LogP contribution in [0.2, 0.25) is 0 Å². The highest BCUT2D eigenvalue weighted by molar-refractivity contribution is 5.89. The van der Waals surface area contributed by atoms with Gasteiger partial charge in [-0.15, -0.1) is 0 Å². The fourth-order valence-corrected chi connectivity index (χ4v) is 3.54. The number of nitrogens with zero attached hydrogens (tertiary/aromatic N) is 1. The van der Waals surface area contributed by atoms with Crippen LogP contribution in [-0.4, -0.2) is 11.1 Å². The van der Waals surface area contributed by atoms with E-state index < -0.39 is 5.97 Å². The van der Waals surface area contributed by atoms with Crippen molar-refractivity contribution in [2.24, 2.45) is 5.92 Å². The molecule has 4 nitrogen and oxygen atoms in total. The molecule has 0 atom stereocenters. The number of aromatic nitrogens is 1. The van der Waals surface area contributed by atoms with Gasteiger partial charge in [-0.1, -0.05) is 29.8 Å². The highest BCUT2D eigenvalue weighted by Crippen LogP contribution is 2.24. The zero-order valence-corrected chi connectivity index (χ0v) is 16.8. The van der Waals surface area contributed by atoms with Gasteiger partial charge in [-0.3, -0.25) is 0 Å². The lowest BCUT2D eigenvalue weighted by Crippen LogP contribution is -2.05. The number of halogens is 1. The van der Waals surface area contributed by atoms with Crippen LogP contribution >= 0.6 is 0 Å². The molecular formula is C25H22FNO3. The minimum atomic E-state index is -0.437. The summed E-state index contributed by atoms with van der Waals surface area (Å²) >= 11 is 0. The number of hydrogen-bond donors (Lipinski definition) is 0. The van der Waals surface area contributed by atoms with Gasteiger partial charge in [0.25, 0.3) is 0 Å². The van der Waals surface area contributed by atoms with Crippen molar-refractivity contribution in [3.05, 3.63) is 76.8 Å². The molecule has 5 heteroatoms. The Morgan fingerprint density at radius 3 is 2.67 bits per heavy atom. The second kappa shape index (κ2) is 8.96. The first-order chi connectivity index (χ1) is 14.6. The zero-order valence-electron chi connectivity index (χ0n) is 16.8. The van der Waals surface area contributed by atoms with E-state index in [0.717, 1.165) is 16.7 Å². The van der Waals surface area contributed by atoms with E-state index in [-0.39, 0.29) is 12.4 Å². The molecule has 0 spiro atoms. The monoisotopic (exact) mass is 403 g/mol. The first kappa shape index (κ1) is 19.9. The minimum absolute atomic E-state index is 0.0324. The van der Waals surface area contributed by atoms with Crippen molar-refractivity contribution < 1.29 is 18.4 Å². The molecule has 3 aromatic rings. The second-order valence-corrected chi connectivity index (χ2v) is 7.54. The molecule has 4 rings (SSSR count). The van der Waals surface area contributed by atoms with Gasteiger partial charge < -0.3 is 9.26 Å². The Hall–Kier alpha value is -3.39. The zero-order chi connectivity index (χ0) is 20.9. The number of carbonyl (C=O) groups is 1. The number of aryl methyl sites for hydroxylation is 1. The molecule has 0 bridgehead atoms. The third kappa shape index (κ3) is 4.77. The lowest BCUT2D eigenvalue weighted by molar-refractivity contribution is 0.0437. The maximum Gasteiger partial charge on any atom is 0.338 e. The standard InChI is InChI=1S/C25H22FNO3/c1-17-14-21(9-8-19(17)7-6-18-4-2-3-5-18)25(28)29-16-23-15-24(27-30-23)20-10-12-22(26)13-11-20/h8-15,18H,2-5,16H2,1H3. The maximum absolute atomic E-state index is 13.0. The fourth-order valence-electron chi connectivity index (χ4n) is 3.54. The van der Waals surface area contributed by atoms with Crippen LogP contribution in [-0.2, 0) is 11.3 Å². The van der Waals surface area contributed by atoms with Crippen LogP contribution in [0.15, 0.2) is 53.1 Å². The molecule has 0 saturated heterocycles. The van der Waals surface area contributed by atoms with Crippen molar-refractivity contribution in [2.45, 2.75) is 39.2 Å². The molecule has 0 amide bonds. The molecule has 152 valence electrons. The van der Waals surface area contributed by atoms with E-state index in [1.165, 1.54) is 37.8 Å². The van der Waals surface area contributed by atoms with Crippen LogP contribution in [0.25, 0.3) is 11.3 Å². The fraction of sp³-hybridized carbons (Fsp3) is 0.280. The average Bonchev–Trinajstić information content (AvgIpc) is 3.44. The molecule has 1 aromatic heterocycles. The Balaban J connectivity index is 1.37. The molecule has 1 heterocycles. The van der Waals surface area contributed by atoms with Crippen LogP contribution in [0.5, 0.6) is 0 Å². The molecular weight excluding hydrogens is 381 g/mol. The second-order valence-electron chi connectivity index (χ2n) is 7.54. The topological polar surface area (TPSA) is 52.3 Å². The summed E-state index contributed by atoms with van der Waals surface area (Å²) in [4.78, 5) is 12.4. The summed E-state index contributed by atoms with van der Waals surface area (Å²) in [5.41, 5.74) is 3.65. The third-order valence-electron chi connectivity index (χ3n) is 5.27. The van der Waals surface area contributed by atoms with Gasteiger partial charge in [-0.05, 0) is 67.8 Å². The van der Waals surface area contributed by atoms with Crippen LogP contribution in [0.3, 0.4) is 0 Å². The van der Waals surface area contributed by atoms with E-state index in [2.05, 4.69) is 17.0 Å².